The largest absolute Gasteiger partial charge is 0.487 e. The van der Waals surface area contributed by atoms with Gasteiger partial charge in [-0.25, -0.2) is 4.39 Å². The van der Waals surface area contributed by atoms with Crippen molar-refractivity contribution in [3.8, 4) is 0 Å². The third-order valence-corrected chi connectivity index (χ3v) is 2.97. The van der Waals surface area contributed by atoms with Gasteiger partial charge in [-0.3, -0.25) is 0 Å². The Kier molecular flexibility index (Phi) is 5.15. The fourth-order valence-electron chi connectivity index (χ4n) is 1.17. The standard InChI is InChI=1S/C11H13BrFNOS/c1-2-3-15-11(16)5-7-4-10(14)9(13)6-8(7)12/h4,6H,2-3,5,14H2,1H3. The quantitative estimate of drug-likeness (QED) is 0.683. The van der Waals surface area contributed by atoms with Gasteiger partial charge in [0.2, 0.25) is 0 Å². The second-order valence-electron chi connectivity index (χ2n) is 3.36. The molecule has 0 saturated heterocycles. The summed E-state index contributed by atoms with van der Waals surface area (Å²) in [7, 11) is 0. The van der Waals surface area contributed by atoms with E-state index in [4.69, 9.17) is 22.7 Å². The number of nitrogen functional groups attached to an aromatic ring is 1. The summed E-state index contributed by atoms with van der Waals surface area (Å²) >= 11 is 8.33. The van der Waals surface area contributed by atoms with E-state index in [0.717, 1.165) is 12.0 Å². The molecule has 0 aliphatic carbocycles. The number of anilines is 1. The van der Waals surface area contributed by atoms with Crippen molar-refractivity contribution in [3.63, 3.8) is 0 Å². The Morgan fingerprint density at radius 1 is 1.56 bits per heavy atom. The first-order chi connectivity index (χ1) is 7.54. The Morgan fingerprint density at radius 3 is 2.88 bits per heavy atom. The van der Waals surface area contributed by atoms with Crippen LogP contribution in [0.25, 0.3) is 0 Å². The molecule has 0 aliphatic rings. The fourth-order valence-corrected chi connectivity index (χ4v) is 1.87. The van der Waals surface area contributed by atoms with E-state index in [9.17, 15) is 4.39 Å². The van der Waals surface area contributed by atoms with Gasteiger partial charge in [0.15, 0.2) is 5.05 Å². The highest BCUT2D eigenvalue weighted by Crippen LogP contribution is 2.23. The van der Waals surface area contributed by atoms with E-state index < -0.39 is 5.82 Å². The molecule has 88 valence electrons. The number of halogens is 2. The smallest absolute Gasteiger partial charge is 0.164 e. The number of benzene rings is 1. The lowest BCUT2D eigenvalue weighted by atomic mass is 10.1. The van der Waals surface area contributed by atoms with Gasteiger partial charge in [0.1, 0.15) is 5.82 Å². The molecule has 1 rings (SSSR count). The van der Waals surface area contributed by atoms with Crippen LogP contribution in [0.15, 0.2) is 16.6 Å². The molecule has 0 aromatic heterocycles. The van der Waals surface area contributed by atoms with Crippen LogP contribution in [0.4, 0.5) is 10.1 Å². The normalized spacial score (nSPS) is 10.2. The first kappa shape index (κ1) is 13.4. The number of hydrogen-bond donors (Lipinski definition) is 1. The predicted molar refractivity (Wildman–Crippen MR) is 71.1 cm³/mol. The van der Waals surface area contributed by atoms with Crippen molar-refractivity contribution in [1.29, 1.82) is 0 Å². The fraction of sp³-hybridized carbons (Fsp3) is 0.364. The molecule has 0 saturated carbocycles. The van der Waals surface area contributed by atoms with Crippen LogP contribution in [-0.4, -0.2) is 11.7 Å². The summed E-state index contributed by atoms with van der Waals surface area (Å²) in [4.78, 5) is 0. The van der Waals surface area contributed by atoms with Crippen LogP contribution in [0.5, 0.6) is 0 Å². The second kappa shape index (κ2) is 6.15. The third-order valence-electron chi connectivity index (χ3n) is 1.97. The molecule has 1 aromatic carbocycles. The van der Waals surface area contributed by atoms with E-state index in [-0.39, 0.29) is 5.69 Å². The van der Waals surface area contributed by atoms with Crippen LogP contribution in [0.2, 0.25) is 0 Å². The summed E-state index contributed by atoms with van der Waals surface area (Å²) in [6.07, 6.45) is 1.37. The van der Waals surface area contributed by atoms with Gasteiger partial charge in [0, 0.05) is 10.9 Å². The molecule has 1 aromatic rings. The average molecular weight is 306 g/mol. The first-order valence-electron chi connectivity index (χ1n) is 4.93. The maximum absolute atomic E-state index is 13.1. The molecule has 2 N–H and O–H groups in total. The highest BCUT2D eigenvalue weighted by molar-refractivity contribution is 9.10. The van der Waals surface area contributed by atoms with Crippen molar-refractivity contribution >= 4 is 38.9 Å². The van der Waals surface area contributed by atoms with Gasteiger partial charge in [-0.2, -0.15) is 0 Å². The van der Waals surface area contributed by atoms with Crippen LogP contribution < -0.4 is 5.73 Å². The molecule has 2 nitrogen and oxygen atoms in total. The number of thiocarbonyl (C=S) groups is 1. The molecule has 0 spiro atoms. The van der Waals surface area contributed by atoms with Crippen LogP contribution in [0.1, 0.15) is 18.9 Å². The lowest BCUT2D eigenvalue weighted by Gasteiger charge is -2.09. The van der Waals surface area contributed by atoms with E-state index in [1.54, 1.807) is 6.07 Å². The van der Waals surface area contributed by atoms with Crippen molar-refractivity contribution in [3.05, 3.63) is 28.0 Å². The van der Waals surface area contributed by atoms with Crippen molar-refractivity contribution in [2.75, 3.05) is 12.3 Å². The number of rotatable bonds is 4. The molecule has 0 bridgehead atoms. The van der Waals surface area contributed by atoms with Gasteiger partial charge in [-0.1, -0.05) is 22.9 Å². The summed E-state index contributed by atoms with van der Waals surface area (Å²) in [5.41, 5.74) is 6.44. The number of nitrogens with two attached hydrogens (primary N) is 1. The highest BCUT2D eigenvalue weighted by atomic mass is 79.9. The van der Waals surface area contributed by atoms with Gasteiger partial charge < -0.3 is 10.5 Å². The van der Waals surface area contributed by atoms with Gasteiger partial charge in [0.05, 0.1) is 12.3 Å². The van der Waals surface area contributed by atoms with Crippen LogP contribution in [0.3, 0.4) is 0 Å². The zero-order valence-electron chi connectivity index (χ0n) is 8.93. The monoisotopic (exact) mass is 305 g/mol. The number of ether oxygens (including phenoxy) is 1. The topological polar surface area (TPSA) is 35.2 Å². The molecule has 0 fully saturated rings. The Balaban J connectivity index is 2.73. The molecule has 0 atom stereocenters. The van der Waals surface area contributed by atoms with Gasteiger partial charge in [0.25, 0.3) is 0 Å². The summed E-state index contributed by atoms with van der Waals surface area (Å²) < 4.78 is 19.0. The molecule has 0 amide bonds. The van der Waals surface area contributed by atoms with Gasteiger partial charge in [-0.05, 0) is 36.3 Å². The van der Waals surface area contributed by atoms with E-state index in [2.05, 4.69) is 15.9 Å². The predicted octanol–water partition coefficient (Wildman–Crippen LogP) is 3.47. The molecule has 0 unspecified atom stereocenters. The molecular weight excluding hydrogens is 293 g/mol. The average Bonchev–Trinajstić information content (AvgIpc) is 2.23. The number of hydrogen-bond acceptors (Lipinski definition) is 3. The molecular formula is C11H13BrFNOS. The summed E-state index contributed by atoms with van der Waals surface area (Å²) in [5.74, 6) is -0.434. The highest BCUT2D eigenvalue weighted by Gasteiger charge is 2.08. The van der Waals surface area contributed by atoms with E-state index >= 15 is 0 Å². The molecule has 0 radical (unpaired) electrons. The lowest BCUT2D eigenvalue weighted by Crippen LogP contribution is -2.07. The molecule has 0 aliphatic heterocycles. The Bertz CT molecular complexity index is 398. The van der Waals surface area contributed by atoms with Crippen LogP contribution in [-0.2, 0) is 11.2 Å². The zero-order chi connectivity index (χ0) is 12.1. The maximum atomic E-state index is 13.1. The third kappa shape index (κ3) is 3.72. The zero-order valence-corrected chi connectivity index (χ0v) is 11.3. The maximum Gasteiger partial charge on any atom is 0.164 e. The Hall–Kier alpha value is -0.680. The minimum absolute atomic E-state index is 0.122. The van der Waals surface area contributed by atoms with E-state index in [0.29, 0.717) is 22.6 Å². The van der Waals surface area contributed by atoms with E-state index in [1.165, 1.54) is 6.07 Å². The van der Waals surface area contributed by atoms with Gasteiger partial charge in [-0.15, -0.1) is 0 Å². The molecule has 5 heteroatoms. The molecule has 0 heterocycles. The second-order valence-corrected chi connectivity index (χ2v) is 4.67. The van der Waals surface area contributed by atoms with Crippen molar-refractivity contribution < 1.29 is 9.13 Å². The summed E-state index contributed by atoms with van der Waals surface area (Å²) in [6.45, 7) is 2.61. The summed E-state index contributed by atoms with van der Waals surface area (Å²) in [5, 5.41) is 0.494. The van der Waals surface area contributed by atoms with E-state index in [1.807, 2.05) is 6.92 Å². The Labute approximate surface area is 108 Å². The van der Waals surface area contributed by atoms with Crippen LogP contribution in [0, 0.1) is 5.82 Å². The minimum Gasteiger partial charge on any atom is -0.487 e. The first-order valence-corrected chi connectivity index (χ1v) is 6.13. The molecule has 16 heavy (non-hydrogen) atoms. The lowest BCUT2D eigenvalue weighted by molar-refractivity contribution is 0.307. The van der Waals surface area contributed by atoms with Crippen molar-refractivity contribution in [2.24, 2.45) is 0 Å². The van der Waals surface area contributed by atoms with Crippen molar-refractivity contribution in [1.82, 2.24) is 0 Å². The minimum atomic E-state index is -0.434. The van der Waals surface area contributed by atoms with Crippen molar-refractivity contribution in [2.45, 2.75) is 19.8 Å². The summed E-state index contributed by atoms with van der Waals surface area (Å²) in [6, 6.07) is 2.91. The van der Waals surface area contributed by atoms with Crippen LogP contribution >= 0.6 is 28.1 Å². The Morgan fingerprint density at radius 2 is 2.25 bits per heavy atom. The SMILES string of the molecule is CCCOC(=S)Cc1cc(N)c(F)cc1Br. The van der Waals surface area contributed by atoms with Gasteiger partial charge >= 0.3 is 0 Å².